The molecule has 4 nitrogen and oxygen atoms in total. The fourth-order valence-corrected chi connectivity index (χ4v) is 3.49. The number of para-hydroxylation sites is 1. The monoisotopic (exact) mass is 344 g/mol. The lowest BCUT2D eigenvalue weighted by molar-refractivity contribution is 0.0983. The van der Waals surface area contributed by atoms with Crippen molar-refractivity contribution in [2.24, 2.45) is 0 Å². The van der Waals surface area contributed by atoms with Crippen LogP contribution in [-0.4, -0.2) is 17.0 Å². The van der Waals surface area contributed by atoms with Gasteiger partial charge in [-0.1, -0.05) is 48.5 Å². The van der Waals surface area contributed by atoms with Gasteiger partial charge in [0.05, 0.1) is 6.54 Å². The molecule has 0 fully saturated rings. The topological polar surface area (TPSA) is 42.3 Å². The van der Waals surface area contributed by atoms with Crippen LogP contribution >= 0.6 is 0 Å². The number of fused-ring (bicyclic) bond motifs is 1. The average molecular weight is 344 g/mol. The Labute approximate surface area is 152 Å². The third-order valence-electron chi connectivity index (χ3n) is 4.80. The van der Waals surface area contributed by atoms with E-state index in [0.29, 0.717) is 13.1 Å². The summed E-state index contributed by atoms with van der Waals surface area (Å²) in [6, 6.07) is 21.1. The maximum absolute atomic E-state index is 13.1. The van der Waals surface area contributed by atoms with E-state index in [4.69, 9.17) is 0 Å². The number of benzene rings is 2. The van der Waals surface area contributed by atoms with Gasteiger partial charge in [0.1, 0.15) is 5.56 Å². The molecule has 0 saturated heterocycles. The van der Waals surface area contributed by atoms with Crippen LogP contribution in [0.5, 0.6) is 0 Å². The summed E-state index contributed by atoms with van der Waals surface area (Å²) in [5.41, 5.74) is 3.08. The lowest BCUT2D eigenvalue weighted by Crippen LogP contribution is -2.39. The van der Waals surface area contributed by atoms with Crippen LogP contribution in [0.1, 0.15) is 27.9 Å². The number of rotatable bonds is 3. The molecule has 0 atom stereocenters. The van der Waals surface area contributed by atoms with Crippen LogP contribution < -0.4 is 10.5 Å². The van der Waals surface area contributed by atoms with Gasteiger partial charge in [0, 0.05) is 18.4 Å². The standard InChI is InChI=1S/C22H20N2O2/c25-21-19(12-7-14-23(21)16-17-8-2-1-3-9-17)22(26)24-15-6-11-18-10-4-5-13-20(18)24/h1-5,7-10,12-14H,6,11,15-16H2. The summed E-state index contributed by atoms with van der Waals surface area (Å²) < 4.78 is 1.60. The highest BCUT2D eigenvalue weighted by molar-refractivity contribution is 6.06. The Kier molecular flexibility index (Phi) is 4.40. The third-order valence-corrected chi connectivity index (χ3v) is 4.80. The minimum atomic E-state index is -0.246. The van der Waals surface area contributed by atoms with Crippen LogP contribution in [0, 0.1) is 0 Å². The molecule has 0 N–H and O–H groups in total. The summed E-state index contributed by atoms with van der Waals surface area (Å²) in [6.45, 7) is 1.10. The molecule has 0 radical (unpaired) electrons. The first-order chi connectivity index (χ1) is 12.7. The van der Waals surface area contributed by atoms with Crippen molar-refractivity contribution in [3.05, 3.63) is 100.0 Å². The van der Waals surface area contributed by atoms with Gasteiger partial charge in [0.15, 0.2) is 0 Å². The van der Waals surface area contributed by atoms with E-state index in [-0.39, 0.29) is 17.0 Å². The van der Waals surface area contributed by atoms with E-state index in [1.54, 1.807) is 27.8 Å². The Morgan fingerprint density at radius 1 is 0.923 bits per heavy atom. The molecule has 1 aliphatic rings. The van der Waals surface area contributed by atoms with Gasteiger partial charge in [-0.25, -0.2) is 0 Å². The van der Waals surface area contributed by atoms with E-state index in [0.717, 1.165) is 29.7 Å². The fraction of sp³-hybridized carbons (Fsp3) is 0.182. The zero-order valence-corrected chi connectivity index (χ0v) is 14.5. The van der Waals surface area contributed by atoms with Gasteiger partial charge in [-0.05, 0) is 42.2 Å². The highest BCUT2D eigenvalue weighted by Crippen LogP contribution is 2.27. The van der Waals surface area contributed by atoms with E-state index in [9.17, 15) is 9.59 Å². The molecule has 4 heteroatoms. The normalized spacial score (nSPS) is 13.3. The van der Waals surface area contributed by atoms with Crippen molar-refractivity contribution in [3.63, 3.8) is 0 Å². The van der Waals surface area contributed by atoms with Crippen LogP contribution in [0.4, 0.5) is 5.69 Å². The van der Waals surface area contributed by atoms with Crippen LogP contribution in [0.15, 0.2) is 77.7 Å². The number of hydrogen-bond donors (Lipinski definition) is 0. The smallest absolute Gasteiger partial charge is 0.263 e. The number of aromatic nitrogens is 1. The zero-order valence-electron chi connectivity index (χ0n) is 14.5. The van der Waals surface area contributed by atoms with E-state index in [2.05, 4.69) is 0 Å². The van der Waals surface area contributed by atoms with Crippen molar-refractivity contribution < 1.29 is 4.79 Å². The first kappa shape index (κ1) is 16.3. The average Bonchev–Trinajstić information content (AvgIpc) is 2.69. The quantitative estimate of drug-likeness (QED) is 0.730. The SMILES string of the molecule is O=C(c1cccn(Cc2ccccc2)c1=O)N1CCCc2ccccc21. The third kappa shape index (κ3) is 3.06. The highest BCUT2D eigenvalue weighted by Gasteiger charge is 2.25. The van der Waals surface area contributed by atoms with E-state index in [1.165, 1.54) is 0 Å². The number of pyridine rings is 1. The molecular weight excluding hydrogens is 324 g/mol. The summed E-state index contributed by atoms with van der Waals surface area (Å²) >= 11 is 0. The molecule has 2 heterocycles. The van der Waals surface area contributed by atoms with Crippen LogP contribution in [0.25, 0.3) is 0 Å². The number of carbonyl (C=O) groups excluding carboxylic acids is 1. The summed E-state index contributed by atoms with van der Waals surface area (Å²) in [5.74, 6) is -0.218. The molecule has 0 unspecified atom stereocenters. The molecule has 1 aliphatic heterocycles. The fourth-order valence-electron chi connectivity index (χ4n) is 3.49. The second-order valence-electron chi connectivity index (χ2n) is 6.53. The number of aryl methyl sites for hydroxylation is 1. The Morgan fingerprint density at radius 3 is 2.54 bits per heavy atom. The summed E-state index contributed by atoms with van der Waals surface area (Å²) in [7, 11) is 0. The number of carbonyl (C=O) groups is 1. The first-order valence-electron chi connectivity index (χ1n) is 8.87. The van der Waals surface area contributed by atoms with Gasteiger partial charge < -0.3 is 9.47 Å². The van der Waals surface area contributed by atoms with Gasteiger partial charge in [0.2, 0.25) is 0 Å². The minimum absolute atomic E-state index is 0.218. The van der Waals surface area contributed by atoms with E-state index >= 15 is 0 Å². The minimum Gasteiger partial charge on any atom is -0.310 e. The van der Waals surface area contributed by atoms with Crippen LogP contribution in [0.3, 0.4) is 0 Å². The molecule has 0 bridgehead atoms. The lowest BCUT2D eigenvalue weighted by atomic mass is 10.0. The van der Waals surface area contributed by atoms with Crippen molar-refractivity contribution >= 4 is 11.6 Å². The number of hydrogen-bond acceptors (Lipinski definition) is 2. The number of anilines is 1. The molecule has 1 aromatic heterocycles. The van der Waals surface area contributed by atoms with Gasteiger partial charge in [-0.15, -0.1) is 0 Å². The molecule has 4 rings (SSSR count). The highest BCUT2D eigenvalue weighted by atomic mass is 16.2. The maximum Gasteiger partial charge on any atom is 0.263 e. The van der Waals surface area contributed by atoms with Crippen molar-refractivity contribution in [1.82, 2.24) is 4.57 Å². The molecule has 3 aromatic rings. The summed E-state index contributed by atoms with van der Waals surface area (Å²) in [6.07, 6.45) is 3.61. The van der Waals surface area contributed by atoms with Crippen molar-refractivity contribution in [3.8, 4) is 0 Å². The van der Waals surface area contributed by atoms with Crippen molar-refractivity contribution in [2.45, 2.75) is 19.4 Å². The molecular formula is C22H20N2O2. The van der Waals surface area contributed by atoms with Crippen molar-refractivity contribution in [2.75, 3.05) is 11.4 Å². The zero-order chi connectivity index (χ0) is 17.9. The van der Waals surface area contributed by atoms with Gasteiger partial charge in [0.25, 0.3) is 11.5 Å². The molecule has 26 heavy (non-hydrogen) atoms. The second kappa shape index (κ2) is 7.00. The van der Waals surface area contributed by atoms with Gasteiger partial charge in [-0.3, -0.25) is 9.59 Å². The van der Waals surface area contributed by atoms with E-state index < -0.39 is 0 Å². The first-order valence-corrected chi connectivity index (χ1v) is 8.87. The lowest BCUT2D eigenvalue weighted by Gasteiger charge is -2.29. The molecule has 0 saturated carbocycles. The van der Waals surface area contributed by atoms with Crippen molar-refractivity contribution in [1.29, 1.82) is 0 Å². The van der Waals surface area contributed by atoms with Crippen LogP contribution in [0.2, 0.25) is 0 Å². The Bertz CT molecular complexity index is 992. The molecule has 130 valence electrons. The van der Waals surface area contributed by atoms with Gasteiger partial charge in [-0.2, -0.15) is 0 Å². The predicted molar refractivity (Wildman–Crippen MR) is 103 cm³/mol. The number of amides is 1. The number of nitrogens with zero attached hydrogens (tertiary/aromatic N) is 2. The molecule has 0 spiro atoms. The summed E-state index contributed by atoms with van der Waals surface area (Å²) in [4.78, 5) is 27.7. The maximum atomic E-state index is 13.1. The molecule has 0 aliphatic carbocycles. The van der Waals surface area contributed by atoms with Crippen LogP contribution in [-0.2, 0) is 13.0 Å². The van der Waals surface area contributed by atoms with E-state index in [1.807, 2.05) is 54.6 Å². The van der Waals surface area contributed by atoms with Gasteiger partial charge >= 0.3 is 0 Å². The second-order valence-corrected chi connectivity index (χ2v) is 6.53. The predicted octanol–water partition coefficient (Wildman–Crippen LogP) is 3.49. The Balaban J connectivity index is 1.68. The molecule has 1 amide bonds. The Hall–Kier alpha value is -3.14. The summed E-state index contributed by atoms with van der Waals surface area (Å²) in [5, 5.41) is 0. The Morgan fingerprint density at radius 2 is 1.69 bits per heavy atom. The largest absolute Gasteiger partial charge is 0.310 e. The molecule has 2 aromatic carbocycles.